The molecule has 2 heterocycles. The first-order chi connectivity index (χ1) is 9.06. The fourth-order valence-corrected chi connectivity index (χ4v) is 2.64. The second-order valence-electron chi connectivity index (χ2n) is 4.96. The van der Waals surface area contributed by atoms with Gasteiger partial charge in [-0.1, -0.05) is 0 Å². The Morgan fingerprint density at radius 3 is 2.95 bits per heavy atom. The minimum atomic E-state index is -0.507. The minimum absolute atomic E-state index is 0.195. The first kappa shape index (κ1) is 14.2. The van der Waals surface area contributed by atoms with Crippen LogP contribution in [-0.2, 0) is 0 Å². The quantitative estimate of drug-likeness (QED) is 0.852. The van der Waals surface area contributed by atoms with Gasteiger partial charge in [0.25, 0.3) is 0 Å². The lowest BCUT2D eigenvalue weighted by molar-refractivity contribution is 0.105. The first-order valence-electron chi connectivity index (χ1n) is 6.44. The summed E-state index contributed by atoms with van der Waals surface area (Å²) in [5.41, 5.74) is 0. The van der Waals surface area contributed by atoms with E-state index in [4.69, 9.17) is 0 Å². The summed E-state index contributed by atoms with van der Waals surface area (Å²) in [7, 11) is 0. The smallest absolute Gasteiger partial charge is 0.323 e. The molecule has 0 radical (unpaired) electrons. The molecule has 2 N–H and O–H groups in total. The average Bonchev–Trinajstić information content (AvgIpc) is 2.76. The summed E-state index contributed by atoms with van der Waals surface area (Å²) in [6, 6.07) is 0.177. The lowest BCUT2D eigenvalue weighted by Crippen LogP contribution is -2.40. The molecule has 1 atom stereocenters. The van der Waals surface area contributed by atoms with Crippen molar-refractivity contribution in [1.82, 2.24) is 14.8 Å². The Labute approximate surface area is 117 Å². The maximum absolute atomic E-state index is 12.1. The van der Waals surface area contributed by atoms with E-state index in [-0.39, 0.29) is 6.03 Å². The molecule has 0 saturated carbocycles. The number of amides is 2. The summed E-state index contributed by atoms with van der Waals surface area (Å²) in [6.45, 7) is 6.56. The van der Waals surface area contributed by atoms with E-state index in [0.717, 1.165) is 6.54 Å². The van der Waals surface area contributed by atoms with Crippen LogP contribution >= 0.6 is 11.3 Å². The van der Waals surface area contributed by atoms with E-state index in [9.17, 15) is 9.90 Å². The Bertz CT molecular complexity index is 410. The molecule has 106 valence electrons. The molecule has 1 unspecified atom stereocenters. The summed E-state index contributed by atoms with van der Waals surface area (Å²) >= 11 is 1.38. The fourth-order valence-electron chi connectivity index (χ4n) is 2.12. The van der Waals surface area contributed by atoms with Crippen molar-refractivity contribution in [3.05, 3.63) is 11.6 Å². The molecule has 2 rings (SSSR count). The molecule has 0 aliphatic carbocycles. The zero-order chi connectivity index (χ0) is 13.8. The van der Waals surface area contributed by atoms with Gasteiger partial charge in [-0.2, -0.15) is 0 Å². The number of carbonyl (C=O) groups excluding carboxylic acids is 1. The molecule has 1 fully saturated rings. The number of rotatable bonds is 2. The molecular weight excluding hydrogens is 264 g/mol. The lowest BCUT2D eigenvalue weighted by atomic mass is 10.2. The van der Waals surface area contributed by atoms with Crippen LogP contribution in [0.1, 0.15) is 13.8 Å². The van der Waals surface area contributed by atoms with E-state index in [1.165, 1.54) is 11.3 Å². The summed E-state index contributed by atoms with van der Waals surface area (Å²) < 4.78 is 0. The third kappa shape index (κ3) is 3.89. The van der Waals surface area contributed by atoms with Crippen LogP contribution in [0.4, 0.5) is 9.93 Å². The number of hydrogen-bond donors (Lipinski definition) is 2. The summed E-state index contributed by atoms with van der Waals surface area (Å²) in [4.78, 5) is 19.9. The van der Waals surface area contributed by atoms with Gasteiger partial charge in [-0.25, -0.2) is 9.78 Å². The predicted octanol–water partition coefficient (Wildman–Crippen LogP) is 1.06. The number of nitrogens with one attached hydrogen (secondary N) is 1. The zero-order valence-corrected chi connectivity index (χ0v) is 12.1. The number of β-amino-alcohol motifs (C(OH)–C–C–N with tert-alkyl or cyclic N) is 1. The van der Waals surface area contributed by atoms with Gasteiger partial charge < -0.3 is 10.0 Å². The van der Waals surface area contributed by atoms with Crippen LogP contribution in [0.5, 0.6) is 0 Å². The van der Waals surface area contributed by atoms with Crippen molar-refractivity contribution in [1.29, 1.82) is 0 Å². The van der Waals surface area contributed by atoms with E-state index < -0.39 is 6.10 Å². The van der Waals surface area contributed by atoms with Crippen molar-refractivity contribution in [2.24, 2.45) is 0 Å². The molecule has 7 heteroatoms. The van der Waals surface area contributed by atoms with Crippen molar-refractivity contribution in [3.8, 4) is 0 Å². The fraction of sp³-hybridized carbons (Fsp3) is 0.667. The van der Waals surface area contributed by atoms with E-state index >= 15 is 0 Å². The number of aromatic nitrogens is 1. The van der Waals surface area contributed by atoms with Gasteiger partial charge in [0, 0.05) is 43.8 Å². The molecular formula is C12H20N4O2S. The molecule has 0 spiro atoms. The van der Waals surface area contributed by atoms with Crippen molar-refractivity contribution in [2.45, 2.75) is 26.0 Å². The molecule has 1 saturated heterocycles. The Kier molecular flexibility index (Phi) is 4.73. The van der Waals surface area contributed by atoms with Crippen LogP contribution in [0, 0.1) is 0 Å². The number of carbonyl (C=O) groups is 1. The standard InChI is InChI=1S/C12H20N4O2S/c1-9(2)15-4-5-16(8-10(17)7-15)12(18)14-11-13-3-6-19-11/h3,6,9-10,17H,4-5,7-8H2,1-2H3,(H,13,14,18). The van der Waals surface area contributed by atoms with Gasteiger partial charge in [0.2, 0.25) is 0 Å². The van der Waals surface area contributed by atoms with Gasteiger partial charge >= 0.3 is 6.03 Å². The number of urea groups is 1. The van der Waals surface area contributed by atoms with Gasteiger partial charge in [0.1, 0.15) is 0 Å². The Balaban J connectivity index is 1.94. The van der Waals surface area contributed by atoms with Crippen molar-refractivity contribution < 1.29 is 9.90 Å². The lowest BCUT2D eigenvalue weighted by Gasteiger charge is -2.25. The van der Waals surface area contributed by atoms with Gasteiger partial charge in [0.05, 0.1) is 6.10 Å². The van der Waals surface area contributed by atoms with E-state index in [1.807, 2.05) is 5.38 Å². The Hall–Kier alpha value is -1.18. The Morgan fingerprint density at radius 2 is 2.32 bits per heavy atom. The monoisotopic (exact) mass is 284 g/mol. The second-order valence-corrected chi connectivity index (χ2v) is 5.85. The van der Waals surface area contributed by atoms with Crippen LogP contribution < -0.4 is 5.32 Å². The van der Waals surface area contributed by atoms with E-state index in [2.05, 4.69) is 29.0 Å². The SMILES string of the molecule is CC(C)N1CCN(C(=O)Nc2nccs2)CC(O)C1. The molecule has 0 bridgehead atoms. The van der Waals surface area contributed by atoms with Crippen molar-refractivity contribution in [2.75, 3.05) is 31.5 Å². The van der Waals surface area contributed by atoms with Crippen LogP contribution in [0.2, 0.25) is 0 Å². The van der Waals surface area contributed by atoms with Crippen LogP contribution in [-0.4, -0.2) is 64.2 Å². The zero-order valence-electron chi connectivity index (χ0n) is 11.2. The van der Waals surface area contributed by atoms with Gasteiger partial charge in [-0.05, 0) is 13.8 Å². The van der Waals surface area contributed by atoms with Crippen molar-refractivity contribution in [3.63, 3.8) is 0 Å². The molecule has 2 amide bonds. The van der Waals surface area contributed by atoms with Crippen molar-refractivity contribution >= 4 is 22.5 Å². The normalized spacial score (nSPS) is 21.5. The number of aliphatic hydroxyl groups excluding tert-OH is 1. The molecule has 1 aromatic rings. The van der Waals surface area contributed by atoms with Gasteiger partial charge in [-0.3, -0.25) is 10.2 Å². The highest BCUT2D eigenvalue weighted by molar-refractivity contribution is 7.13. The minimum Gasteiger partial charge on any atom is -0.390 e. The summed E-state index contributed by atoms with van der Waals surface area (Å²) in [5.74, 6) is 0. The maximum atomic E-state index is 12.1. The molecule has 1 aliphatic heterocycles. The third-order valence-electron chi connectivity index (χ3n) is 3.20. The Morgan fingerprint density at radius 1 is 1.53 bits per heavy atom. The maximum Gasteiger partial charge on any atom is 0.323 e. The molecule has 6 nitrogen and oxygen atoms in total. The topological polar surface area (TPSA) is 68.7 Å². The first-order valence-corrected chi connectivity index (χ1v) is 7.31. The number of thiazole rings is 1. The number of anilines is 1. The molecule has 1 aromatic heterocycles. The highest BCUT2D eigenvalue weighted by Crippen LogP contribution is 2.13. The van der Waals surface area contributed by atoms with E-state index in [1.54, 1.807) is 11.1 Å². The number of hydrogen-bond acceptors (Lipinski definition) is 5. The largest absolute Gasteiger partial charge is 0.390 e. The highest BCUT2D eigenvalue weighted by Gasteiger charge is 2.25. The summed E-state index contributed by atoms with van der Waals surface area (Å²) in [5, 5.41) is 15.1. The van der Waals surface area contributed by atoms with Crippen LogP contribution in [0.3, 0.4) is 0 Å². The number of aliphatic hydroxyl groups is 1. The van der Waals surface area contributed by atoms with Crippen LogP contribution in [0.25, 0.3) is 0 Å². The number of nitrogens with zero attached hydrogens (tertiary/aromatic N) is 3. The highest BCUT2D eigenvalue weighted by atomic mass is 32.1. The molecule has 1 aliphatic rings. The van der Waals surface area contributed by atoms with E-state index in [0.29, 0.717) is 30.8 Å². The predicted molar refractivity (Wildman–Crippen MR) is 75.4 cm³/mol. The van der Waals surface area contributed by atoms with Gasteiger partial charge in [-0.15, -0.1) is 11.3 Å². The van der Waals surface area contributed by atoms with Crippen LogP contribution in [0.15, 0.2) is 11.6 Å². The summed E-state index contributed by atoms with van der Waals surface area (Å²) in [6.07, 6.45) is 1.14. The molecule has 19 heavy (non-hydrogen) atoms. The third-order valence-corrected chi connectivity index (χ3v) is 3.89. The second kappa shape index (κ2) is 6.31. The molecule has 0 aromatic carbocycles. The average molecular weight is 284 g/mol. The van der Waals surface area contributed by atoms with Gasteiger partial charge in [0.15, 0.2) is 5.13 Å².